The van der Waals surface area contributed by atoms with E-state index in [0.29, 0.717) is 31.2 Å². The van der Waals surface area contributed by atoms with Gasteiger partial charge in [-0.25, -0.2) is 4.98 Å². The Kier molecular flexibility index (Phi) is 5.99. The number of β-amino-alcohol motifs (C(OH)–C–C–N with tert-alkyl or cyclic N) is 1. The van der Waals surface area contributed by atoms with Crippen molar-refractivity contribution in [1.29, 1.82) is 0 Å². The third-order valence-electron chi connectivity index (χ3n) is 3.72. The zero-order valence-electron chi connectivity index (χ0n) is 13.1. The van der Waals surface area contributed by atoms with Crippen molar-refractivity contribution in [3.63, 3.8) is 0 Å². The van der Waals surface area contributed by atoms with Crippen LogP contribution in [0.4, 0.5) is 5.82 Å². The molecular formula is C15H23ClN4O2. The van der Waals surface area contributed by atoms with Crippen molar-refractivity contribution in [1.82, 2.24) is 14.8 Å². The number of aliphatic hydroxyl groups excluding tert-OH is 1. The van der Waals surface area contributed by atoms with Crippen LogP contribution in [0.5, 0.6) is 0 Å². The average molecular weight is 327 g/mol. The summed E-state index contributed by atoms with van der Waals surface area (Å²) in [5.41, 5.74) is 0. The van der Waals surface area contributed by atoms with Crippen LogP contribution >= 0.6 is 11.6 Å². The van der Waals surface area contributed by atoms with Gasteiger partial charge >= 0.3 is 0 Å². The van der Waals surface area contributed by atoms with Crippen molar-refractivity contribution >= 4 is 23.3 Å². The molecule has 0 aliphatic carbocycles. The molecule has 1 saturated heterocycles. The van der Waals surface area contributed by atoms with Crippen LogP contribution in [0.15, 0.2) is 18.3 Å². The first-order valence-corrected chi connectivity index (χ1v) is 7.84. The van der Waals surface area contributed by atoms with Crippen molar-refractivity contribution in [2.45, 2.75) is 13.0 Å². The van der Waals surface area contributed by atoms with Crippen LogP contribution in [0.25, 0.3) is 0 Å². The molecule has 0 radical (unpaired) electrons. The summed E-state index contributed by atoms with van der Waals surface area (Å²) in [4.78, 5) is 22.4. The van der Waals surface area contributed by atoms with Gasteiger partial charge in [-0.3, -0.25) is 9.69 Å². The second kappa shape index (κ2) is 7.76. The van der Waals surface area contributed by atoms with Crippen molar-refractivity contribution < 1.29 is 9.90 Å². The molecule has 0 unspecified atom stereocenters. The molecule has 22 heavy (non-hydrogen) atoms. The summed E-state index contributed by atoms with van der Waals surface area (Å²) in [6.45, 7) is 5.76. The fraction of sp³-hybridized carbons (Fsp3) is 0.600. The largest absolute Gasteiger partial charge is 0.392 e. The van der Waals surface area contributed by atoms with Crippen LogP contribution in [0, 0.1) is 0 Å². The van der Waals surface area contributed by atoms with Gasteiger partial charge < -0.3 is 14.9 Å². The van der Waals surface area contributed by atoms with E-state index in [1.807, 2.05) is 16.8 Å². The summed E-state index contributed by atoms with van der Waals surface area (Å²) < 4.78 is 0. The van der Waals surface area contributed by atoms with Crippen LogP contribution in [-0.2, 0) is 4.79 Å². The molecule has 1 aromatic rings. The lowest BCUT2D eigenvalue weighted by molar-refractivity contribution is -0.131. The van der Waals surface area contributed by atoms with E-state index in [-0.39, 0.29) is 12.0 Å². The lowest BCUT2D eigenvalue weighted by Crippen LogP contribution is -2.52. The van der Waals surface area contributed by atoms with Gasteiger partial charge in [0.2, 0.25) is 5.91 Å². The molecule has 1 aromatic heterocycles. The molecule has 0 aromatic carbocycles. The number of carbonyl (C=O) groups is 1. The van der Waals surface area contributed by atoms with Crippen LogP contribution in [-0.4, -0.2) is 78.2 Å². The predicted molar refractivity (Wildman–Crippen MR) is 87.2 cm³/mol. The fourth-order valence-electron chi connectivity index (χ4n) is 2.53. The summed E-state index contributed by atoms with van der Waals surface area (Å²) in [6.07, 6.45) is 1.25. The maximum Gasteiger partial charge on any atom is 0.242 e. The normalized spacial score (nSPS) is 17.4. The zero-order chi connectivity index (χ0) is 16.1. The Labute approximate surface area is 136 Å². The lowest BCUT2D eigenvalue weighted by Gasteiger charge is -2.36. The molecule has 1 fully saturated rings. The highest BCUT2D eigenvalue weighted by atomic mass is 35.5. The second-order valence-corrected chi connectivity index (χ2v) is 6.16. The Balaban J connectivity index is 1.81. The van der Waals surface area contributed by atoms with Crippen molar-refractivity contribution in [3.05, 3.63) is 23.4 Å². The number of nitrogens with zero attached hydrogens (tertiary/aromatic N) is 4. The molecule has 6 nitrogen and oxygen atoms in total. The SMILES string of the molecule is C[C@H](O)CN1CCN(C(=O)CN(C)c2ccc(Cl)cn2)CC1. The third-order valence-corrected chi connectivity index (χ3v) is 3.95. The molecule has 0 bridgehead atoms. The fourth-order valence-corrected chi connectivity index (χ4v) is 2.64. The molecule has 1 atom stereocenters. The van der Waals surface area contributed by atoms with Crippen molar-refractivity contribution in [3.8, 4) is 0 Å². The maximum absolute atomic E-state index is 12.3. The number of halogens is 1. The van der Waals surface area contributed by atoms with Gasteiger partial charge in [0.25, 0.3) is 0 Å². The lowest BCUT2D eigenvalue weighted by atomic mass is 10.2. The van der Waals surface area contributed by atoms with E-state index in [1.165, 1.54) is 0 Å². The molecule has 122 valence electrons. The highest BCUT2D eigenvalue weighted by Gasteiger charge is 2.22. The van der Waals surface area contributed by atoms with Crippen LogP contribution in [0.1, 0.15) is 6.92 Å². The van der Waals surface area contributed by atoms with E-state index in [2.05, 4.69) is 9.88 Å². The summed E-state index contributed by atoms with van der Waals surface area (Å²) in [6, 6.07) is 3.57. The Morgan fingerprint density at radius 1 is 1.41 bits per heavy atom. The van der Waals surface area contributed by atoms with Crippen molar-refractivity contribution in [2.24, 2.45) is 0 Å². The minimum Gasteiger partial charge on any atom is -0.392 e. The van der Waals surface area contributed by atoms with Gasteiger partial charge in [0, 0.05) is 46.0 Å². The number of rotatable bonds is 5. The number of hydrogen-bond acceptors (Lipinski definition) is 5. The number of likely N-dealkylation sites (N-methyl/N-ethyl adjacent to an activating group) is 1. The Morgan fingerprint density at radius 3 is 2.64 bits per heavy atom. The smallest absolute Gasteiger partial charge is 0.242 e. The highest BCUT2D eigenvalue weighted by molar-refractivity contribution is 6.30. The number of anilines is 1. The monoisotopic (exact) mass is 326 g/mol. The molecule has 0 spiro atoms. The minimum atomic E-state index is -0.329. The van der Waals surface area contributed by atoms with E-state index in [1.54, 1.807) is 25.3 Å². The maximum atomic E-state index is 12.3. The molecule has 1 aliphatic rings. The molecule has 0 saturated carbocycles. The summed E-state index contributed by atoms with van der Waals surface area (Å²) in [7, 11) is 1.85. The first-order chi connectivity index (χ1) is 10.5. The van der Waals surface area contributed by atoms with Gasteiger partial charge in [-0.05, 0) is 19.1 Å². The molecule has 1 aliphatic heterocycles. The molecular weight excluding hydrogens is 304 g/mol. The number of pyridine rings is 1. The number of carbonyl (C=O) groups excluding carboxylic acids is 1. The van der Waals surface area contributed by atoms with E-state index in [0.717, 1.165) is 18.9 Å². The van der Waals surface area contributed by atoms with Gasteiger partial charge in [0.15, 0.2) is 0 Å². The topological polar surface area (TPSA) is 59.9 Å². The van der Waals surface area contributed by atoms with Crippen LogP contribution in [0.2, 0.25) is 5.02 Å². The predicted octanol–water partition coefficient (Wildman–Crippen LogP) is 0.696. The summed E-state index contributed by atoms with van der Waals surface area (Å²) in [5, 5.41) is 9.98. The highest BCUT2D eigenvalue weighted by Crippen LogP contribution is 2.13. The van der Waals surface area contributed by atoms with Crippen LogP contribution in [0.3, 0.4) is 0 Å². The number of piperazine rings is 1. The van der Waals surface area contributed by atoms with Crippen LogP contribution < -0.4 is 4.90 Å². The standard InChI is InChI=1S/C15H23ClN4O2/c1-12(21)10-19-5-7-20(8-6-19)15(22)11-18(2)14-4-3-13(16)9-17-14/h3-4,9,12,21H,5-8,10-11H2,1-2H3/t12-/m0/s1. The minimum absolute atomic E-state index is 0.0935. The number of aliphatic hydroxyl groups is 1. The zero-order valence-corrected chi connectivity index (χ0v) is 13.8. The molecule has 2 rings (SSSR count). The Morgan fingerprint density at radius 2 is 2.09 bits per heavy atom. The summed E-state index contributed by atoms with van der Waals surface area (Å²) >= 11 is 5.81. The third kappa shape index (κ3) is 4.83. The first-order valence-electron chi connectivity index (χ1n) is 7.46. The van der Waals surface area contributed by atoms with E-state index in [9.17, 15) is 9.90 Å². The Hall–Kier alpha value is -1.37. The van der Waals surface area contributed by atoms with Gasteiger partial charge in [0.1, 0.15) is 5.82 Å². The molecule has 1 N–H and O–H groups in total. The van der Waals surface area contributed by atoms with E-state index < -0.39 is 0 Å². The van der Waals surface area contributed by atoms with Gasteiger partial charge in [-0.1, -0.05) is 11.6 Å². The van der Waals surface area contributed by atoms with Gasteiger partial charge in [-0.15, -0.1) is 0 Å². The number of aromatic nitrogens is 1. The average Bonchev–Trinajstić information content (AvgIpc) is 2.48. The quantitative estimate of drug-likeness (QED) is 0.863. The van der Waals surface area contributed by atoms with E-state index >= 15 is 0 Å². The first kappa shape index (κ1) is 17.0. The number of amides is 1. The van der Waals surface area contributed by atoms with Gasteiger partial charge in [-0.2, -0.15) is 0 Å². The second-order valence-electron chi connectivity index (χ2n) is 5.72. The van der Waals surface area contributed by atoms with Crippen molar-refractivity contribution in [2.75, 3.05) is 51.2 Å². The van der Waals surface area contributed by atoms with E-state index in [4.69, 9.17) is 11.6 Å². The molecule has 1 amide bonds. The summed E-state index contributed by atoms with van der Waals surface area (Å²) in [5.74, 6) is 0.821. The number of hydrogen-bond donors (Lipinski definition) is 1. The molecule has 2 heterocycles. The van der Waals surface area contributed by atoms with Gasteiger partial charge in [0.05, 0.1) is 17.7 Å². The molecule has 7 heteroatoms. The Bertz CT molecular complexity index is 487.